The van der Waals surface area contributed by atoms with Crippen LogP contribution in [0.5, 0.6) is 5.75 Å². The molecule has 0 saturated carbocycles. The van der Waals surface area contributed by atoms with Crippen molar-refractivity contribution in [3.63, 3.8) is 0 Å². The van der Waals surface area contributed by atoms with Gasteiger partial charge in [-0.25, -0.2) is 9.78 Å². The molecule has 7 heteroatoms. The van der Waals surface area contributed by atoms with Gasteiger partial charge in [-0.15, -0.1) is 0 Å². The number of hydrogen-bond donors (Lipinski definition) is 1. The molecule has 0 saturated heterocycles. The Morgan fingerprint density at radius 1 is 1.11 bits per heavy atom. The van der Waals surface area contributed by atoms with Gasteiger partial charge in [0.1, 0.15) is 5.75 Å². The van der Waals surface area contributed by atoms with E-state index in [1.54, 1.807) is 18.2 Å². The molecule has 1 aromatic heterocycles. The number of esters is 1. The van der Waals surface area contributed by atoms with Gasteiger partial charge in [0, 0.05) is 23.0 Å². The summed E-state index contributed by atoms with van der Waals surface area (Å²) < 4.78 is 10.4. The molecule has 3 aromatic rings. The van der Waals surface area contributed by atoms with Crippen molar-refractivity contribution in [1.82, 2.24) is 10.3 Å². The number of halogens is 1. The number of nitrogens with zero attached hydrogens (tertiary/aromatic N) is 1. The third-order valence-electron chi connectivity index (χ3n) is 3.82. The molecule has 0 atom stereocenters. The molecule has 0 spiro atoms. The Balaban J connectivity index is 1.75. The molecule has 0 aliphatic carbocycles. The maximum atomic E-state index is 12.1. The SMILES string of the molecule is COC(=O)c1cc(OCC(=O)NCc2ccccc2)c2cc(Cl)ccc2n1. The number of pyridine rings is 1. The number of methoxy groups -OCH3 is 1. The van der Waals surface area contributed by atoms with E-state index in [1.165, 1.54) is 13.2 Å². The molecule has 2 aromatic carbocycles. The van der Waals surface area contributed by atoms with E-state index >= 15 is 0 Å². The molecule has 0 aliphatic rings. The summed E-state index contributed by atoms with van der Waals surface area (Å²) in [6.45, 7) is 0.193. The van der Waals surface area contributed by atoms with Crippen LogP contribution in [0.25, 0.3) is 10.9 Å². The second-order valence-corrected chi connectivity index (χ2v) is 6.15. The zero-order valence-corrected chi connectivity index (χ0v) is 15.3. The standard InChI is InChI=1S/C20H17ClN2O4/c1-26-20(25)17-10-18(15-9-14(21)7-8-16(15)23-17)27-12-19(24)22-11-13-5-3-2-4-6-13/h2-10H,11-12H2,1H3,(H,22,24). The van der Waals surface area contributed by atoms with Crippen LogP contribution in [0.4, 0.5) is 0 Å². The second kappa shape index (κ2) is 8.51. The molecule has 0 radical (unpaired) electrons. The van der Waals surface area contributed by atoms with E-state index in [4.69, 9.17) is 21.1 Å². The zero-order valence-electron chi connectivity index (χ0n) is 14.6. The number of carbonyl (C=O) groups is 2. The third kappa shape index (κ3) is 4.74. The third-order valence-corrected chi connectivity index (χ3v) is 4.05. The van der Waals surface area contributed by atoms with Crippen LogP contribution in [0.15, 0.2) is 54.6 Å². The van der Waals surface area contributed by atoms with E-state index in [1.807, 2.05) is 30.3 Å². The normalized spacial score (nSPS) is 10.4. The first kappa shape index (κ1) is 18.7. The molecule has 0 unspecified atom stereocenters. The van der Waals surface area contributed by atoms with E-state index in [0.29, 0.717) is 28.2 Å². The molecule has 1 N–H and O–H groups in total. The number of ether oxygens (including phenoxy) is 2. The van der Waals surface area contributed by atoms with Gasteiger partial charge in [0.2, 0.25) is 0 Å². The van der Waals surface area contributed by atoms with E-state index in [-0.39, 0.29) is 18.2 Å². The highest BCUT2D eigenvalue weighted by Crippen LogP contribution is 2.28. The average molecular weight is 385 g/mol. The van der Waals surface area contributed by atoms with Crippen LogP contribution in [0.3, 0.4) is 0 Å². The summed E-state index contributed by atoms with van der Waals surface area (Å²) in [6.07, 6.45) is 0. The predicted molar refractivity (Wildman–Crippen MR) is 102 cm³/mol. The molecular weight excluding hydrogens is 368 g/mol. The maximum absolute atomic E-state index is 12.1. The van der Waals surface area contributed by atoms with Crippen LogP contribution in [0.2, 0.25) is 5.02 Å². The molecule has 1 amide bonds. The van der Waals surface area contributed by atoms with E-state index in [9.17, 15) is 9.59 Å². The van der Waals surface area contributed by atoms with Crippen molar-refractivity contribution in [2.24, 2.45) is 0 Å². The number of rotatable bonds is 6. The van der Waals surface area contributed by atoms with Gasteiger partial charge in [0.15, 0.2) is 12.3 Å². The smallest absolute Gasteiger partial charge is 0.356 e. The van der Waals surface area contributed by atoms with Crippen molar-refractivity contribution in [3.05, 3.63) is 70.9 Å². The van der Waals surface area contributed by atoms with E-state index < -0.39 is 5.97 Å². The van der Waals surface area contributed by atoms with Crippen molar-refractivity contribution in [2.45, 2.75) is 6.54 Å². The first-order valence-electron chi connectivity index (χ1n) is 8.19. The van der Waals surface area contributed by atoms with Crippen LogP contribution in [0, 0.1) is 0 Å². The second-order valence-electron chi connectivity index (χ2n) is 5.71. The maximum Gasteiger partial charge on any atom is 0.356 e. The van der Waals surface area contributed by atoms with Crippen LogP contribution >= 0.6 is 11.6 Å². The fourth-order valence-electron chi connectivity index (χ4n) is 2.49. The van der Waals surface area contributed by atoms with Gasteiger partial charge in [-0.05, 0) is 23.8 Å². The van der Waals surface area contributed by atoms with Gasteiger partial charge in [-0.2, -0.15) is 0 Å². The van der Waals surface area contributed by atoms with Crippen molar-refractivity contribution >= 4 is 34.4 Å². The van der Waals surface area contributed by atoms with Crippen molar-refractivity contribution in [3.8, 4) is 5.75 Å². The summed E-state index contributed by atoms with van der Waals surface area (Å²) >= 11 is 6.05. The van der Waals surface area contributed by atoms with Gasteiger partial charge in [0.05, 0.1) is 12.6 Å². The Hall–Kier alpha value is -3.12. The summed E-state index contributed by atoms with van der Waals surface area (Å²) in [7, 11) is 1.27. The number of aromatic nitrogens is 1. The van der Waals surface area contributed by atoms with Crippen molar-refractivity contribution in [2.75, 3.05) is 13.7 Å². The fraction of sp³-hybridized carbons (Fsp3) is 0.150. The van der Waals surface area contributed by atoms with E-state index in [0.717, 1.165) is 5.56 Å². The predicted octanol–water partition coefficient (Wildman–Crippen LogP) is 3.37. The number of nitrogens with one attached hydrogen (secondary N) is 1. The number of fused-ring (bicyclic) bond motifs is 1. The van der Waals surface area contributed by atoms with Gasteiger partial charge in [-0.3, -0.25) is 4.79 Å². The topological polar surface area (TPSA) is 77.5 Å². The number of amides is 1. The lowest BCUT2D eigenvalue weighted by Gasteiger charge is -2.11. The number of hydrogen-bond acceptors (Lipinski definition) is 5. The number of carbonyl (C=O) groups excluding carboxylic acids is 2. The van der Waals surface area contributed by atoms with Gasteiger partial charge in [-0.1, -0.05) is 41.9 Å². The quantitative estimate of drug-likeness (QED) is 0.659. The fourth-order valence-corrected chi connectivity index (χ4v) is 2.66. The Morgan fingerprint density at radius 3 is 2.63 bits per heavy atom. The van der Waals surface area contributed by atoms with Gasteiger partial charge >= 0.3 is 5.97 Å². The Bertz CT molecular complexity index is 976. The molecular formula is C20H17ClN2O4. The molecule has 0 bridgehead atoms. The molecule has 1 heterocycles. The van der Waals surface area contributed by atoms with Crippen molar-refractivity contribution < 1.29 is 19.1 Å². The molecule has 6 nitrogen and oxygen atoms in total. The molecule has 0 aliphatic heterocycles. The average Bonchev–Trinajstić information content (AvgIpc) is 2.70. The highest BCUT2D eigenvalue weighted by molar-refractivity contribution is 6.31. The minimum Gasteiger partial charge on any atom is -0.483 e. The lowest BCUT2D eigenvalue weighted by Crippen LogP contribution is -2.28. The van der Waals surface area contributed by atoms with E-state index in [2.05, 4.69) is 10.3 Å². The van der Waals surface area contributed by atoms with Crippen molar-refractivity contribution in [1.29, 1.82) is 0 Å². The summed E-state index contributed by atoms with van der Waals surface area (Å²) in [5, 5.41) is 3.88. The summed E-state index contributed by atoms with van der Waals surface area (Å²) in [6, 6.07) is 16.0. The highest BCUT2D eigenvalue weighted by Gasteiger charge is 2.14. The summed E-state index contributed by atoms with van der Waals surface area (Å²) in [5.74, 6) is -0.548. The first-order valence-corrected chi connectivity index (χ1v) is 8.56. The monoisotopic (exact) mass is 384 g/mol. The van der Waals surface area contributed by atoms with Gasteiger partial charge < -0.3 is 14.8 Å². The van der Waals surface area contributed by atoms with Crippen LogP contribution in [0.1, 0.15) is 16.1 Å². The van der Waals surface area contributed by atoms with Gasteiger partial charge in [0.25, 0.3) is 5.91 Å². The Kier molecular flexibility index (Phi) is 5.88. The Morgan fingerprint density at radius 2 is 1.89 bits per heavy atom. The zero-order chi connectivity index (χ0) is 19.2. The lowest BCUT2D eigenvalue weighted by molar-refractivity contribution is -0.123. The molecule has 27 heavy (non-hydrogen) atoms. The first-order chi connectivity index (χ1) is 13.1. The molecule has 0 fully saturated rings. The van der Waals surface area contributed by atoms with Crippen LogP contribution < -0.4 is 10.1 Å². The largest absolute Gasteiger partial charge is 0.483 e. The minimum absolute atomic E-state index is 0.0898. The number of benzene rings is 2. The summed E-state index contributed by atoms with van der Waals surface area (Å²) in [5.41, 5.74) is 1.59. The Labute approximate surface area is 161 Å². The molecule has 138 valence electrons. The lowest BCUT2D eigenvalue weighted by atomic mass is 10.2. The minimum atomic E-state index is -0.592. The van der Waals surface area contributed by atoms with Crippen LogP contribution in [-0.4, -0.2) is 30.6 Å². The molecule has 3 rings (SSSR count). The summed E-state index contributed by atoms with van der Waals surface area (Å²) in [4.78, 5) is 28.2. The van der Waals surface area contributed by atoms with Crippen LogP contribution in [-0.2, 0) is 16.1 Å². The highest BCUT2D eigenvalue weighted by atomic mass is 35.5.